The molecule has 0 fully saturated rings. The molecule has 0 radical (unpaired) electrons. The zero-order valence-electron chi connectivity index (χ0n) is 11.8. The van der Waals surface area contributed by atoms with Crippen molar-refractivity contribution in [3.63, 3.8) is 0 Å². The minimum Gasteiger partial charge on any atom is -0.312 e. The topological polar surface area (TPSA) is 12.0 Å². The summed E-state index contributed by atoms with van der Waals surface area (Å²) in [6.45, 7) is 5.31. The van der Waals surface area contributed by atoms with Crippen LogP contribution in [-0.4, -0.2) is 6.54 Å². The van der Waals surface area contributed by atoms with E-state index in [1.54, 1.807) is 18.2 Å². The molecule has 20 heavy (non-hydrogen) atoms. The van der Waals surface area contributed by atoms with Gasteiger partial charge in [-0.15, -0.1) is 0 Å². The highest BCUT2D eigenvalue weighted by molar-refractivity contribution is 5.27. The van der Waals surface area contributed by atoms with Crippen molar-refractivity contribution in [1.29, 1.82) is 0 Å². The Hall–Kier alpha value is -1.74. The van der Waals surface area contributed by atoms with Crippen LogP contribution < -0.4 is 5.32 Å². The molecule has 0 bridgehead atoms. The third-order valence-corrected chi connectivity index (χ3v) is 3.50. The van der Waals surface area contributed by atoms with Crippen LogP contribution in [0.1, 0.15) is 22.3 Å². The summed E-state index contributed by atoms with van der Waals surface area (Å²) in [5.41, 5.74) is 4.15. The summed E-state index contributed by atoms with van der Waals surface area (Å²) < 4.78 is 26.1. The number of rotatable bonds is 5. The van der Waals surface area contributed by atoms with E-state index in [4.69, 9.17) is 0 Å². The molecule has 1 nitrogen and oxygen atoms in total. The van der Waals surface area contributed by atoms with Gasteiger partial charge in [0.05, 0.1) is 0 Å². The Labute approximate surface area is 118 Å². The summed E-state index contributed by atoms with van der Waals surface area (Å²) in [5, 5.41) is 3.30. The molecule has 1 N–H and O–H groups in total. The van der Waals surface area contributed by atoms with Crippen molar-refractivity contribution in [3.05, 3.63) is 70.3 Å². The zero-order chi connectivity index (χ0) is 14.5. The van der Waals surface area contributed by atoms with E-state index in [9.17, 15) is 8.78 Å². The maximum Gasteiger partial charge on any atom is 0.123 e. The highest BCUT2D eigenvalue weighted by atomic mass is 19.1. The second-order valence-corrected chi connectivity index (χ2v) is 5.07. The van der Waals surface area contributed by atoms with Gasteiger partial charge < -0.3 is 5.32 Å². The van der Waals surface area contributed by atoms with Gasteiger partial charge in [-0.2, -0.15) is 0 Å². The molecule has 0 aliphatic carbocycles. The fourth-order valence-electron chi connectivity index (χ4n) is 2.22. The molecule has 2 aromatic rings. The van der Waals surface area contributed by atoms with Crippen molar-refractivity contribution in [2.45, 2.75) is 26.8 Å². The fraction of sp³-hybridized carbons (Fsp3) is 0.294. The van der Waals surface area contributed by atoms with Crippen molar-refractivity contribution < 1.29 is 8.78 Å². The van der Waals surface area contributed by atoms with Gasteiger partial charge in [-0.05, 0) is 73.3 Å². The lowest BCUT2D eigenvalue weighted by atomic mass is 10.1. The van der Waals surface area contributed by atoms with Crippen LogP contribution in [-0.2, 0) is 13.0 Å². The Morgan fingerprint density at radius 3 is 2.30 bits per heavy atom. The van der Waals surface area contributed by atoms with Gasteiger partial charge in [-0.25, -0.2) is 8.78 Å². The van der Waals surface area contributed by atoms with Gasteiger partial charge in [-0.3, -0.25) is 0 Å². The molecule has 3 heteroatoms. The molecule has 2 rings (SSSR count). The Morgan fingerprint density at radius 2 is 1.55 bits per heavy atom. The van der Waals surface area contributed by atoms with E-state index in [0.29, 0.717) is 6.54 Å². The number of hydrogen-bond donors (Lipinski definition) is 1. The van der Waals surface area contributed by atoms with Crippen LogP contribution in [0.4, 0.5) is 8.78 Å². The fourth-order valence-corrected chi connectivity index (χ4v) is 2.22. The molecule has 0 unspecified atom stereocenters. The van der Waals surface area contributed by atoms with Gasteiger partial charge >= 0.3 is 0 Å². The van der Waals surface area contributed by atoms with Gasteiger partial charge in [0.2, 0.25) is 0 Å². The van der Waals surface area contributed by atoms with Crippen molar-refractivity contribution in [1.82, 2.24) is 5.32 Å². The summed E-state index contributed by atoms with van der Waals surface area (Å²) >= 11 is 0. The van der Waals surface area contributed by atoms with Gasteiger partial charge in [0.15, 0.2) is 0 Å². The Morgan fingerprint density at radius 1 is 0.850 bits per heavy atom. The first kappa shape index (κ1) is 14.7. The van der Waals surface area contributed by atoms with Crippen molar-refractivity contribution in [3.8, 4) is 0 Å². The van der Waals surface area contributed by atoms with Gasteiger partial charge in [0.1, 0.15) is 11.6 Å². The first-order chi connectivity index (χ1) is 9.56. The van der Waals surface area contributed by atoms with Crippen molar-refractivity contribution in [2.75, 3.05) is 6.54 Å². The number of benzene rings is 2. The average Bonchev–Trinajstić information content (AvgIpc) is 2.40. The highest BCUT2D eigenvalue weighted by Gasteiger charge is 2.02. The van der Waals surface area contributed by atoms with Crippen LogP contribution in [0.2, 0.25) is 0 Å². The number of aryl methyl sites for hydroxylation is 2. The molecule has 0 amide bonds. The van der Waals surface area contributed by atoms with E-state index in [1.165, 1.54) is 12.1 Å². The smallest absolute Gasteiger partial charge is 0.123 e. The van der Waals surface area contributed by atoms with Crippen molar-refractivity contribution in [2.24, 2.45) is 0 Å². The molecule has 0 aliphatic rings. The predicted octanol–water partition coefficient (Wildman–Crippen LogP) is 3.91. The molecule has 0 saturated heterocycles. The minimum atomic E-state index is -0.207. The third-order valence-electron chi connectivity index (χ3n) is 3.50. The average molecular weight is 275 g/mol. The number of hydrogen-bond acceptors (Lipinski definition) is 1. The lowest BCUT2D eigenvalue weighted by Crippen LogP contribution is -2.17. The molecule has 0 atom stereocenters. The SMILES string of the molecule is Cc1cc(F)ccc1CCNCc1cc(F)ccc1C. The van der Waals surface area contributed by atoms with Crippen LogP contribution >= 0.6 is 0 Å². The lowest BCUT2D eigenvalue weighted by Gasteiger charge is -2.09. The summed E-state index contributed by atoms with van der Waals surface area (Å²) in [6, 6.07) is 9.67. The Kier molecular flexibility index (Phi) is 4.85. The van der Waals surface area contributed by atoms with E-state index < -0.39 is 0 Å². The maximum atomic E-state index is 13.1. The molecule has 2 aromatic carbocycles. The summed E-state index contributed by atoms with van der Waals surface area (Å²) in [6.07, 6.45) is 0.834. The minimum absolute atomic E-state index is 0.199. The molecule has 0 spiro atoms. The quantitative estimate of drug-likeness (QED) is 0.816. The van der Waals surface area contributed by atoms with Gasteiger partial charge in [0, 0.05) is 6.54 Å². The second-order valence-electron chi connectivity index (χ2n) is 5.07. The van der Waals surface area contributed by atoms with Crippen LogP contribution in [0, 0.1) is 25.5 Å². The number of halogens is 2. The first-order valence-electron chi connectivity index (χ1n) is 6.77. The van der Waals surface area contributed by atoms with Crippen LogP contribution in [0.15, 0.2) is 36.4 Å². The summed E-state index contributed by atoms with van der Waals surface area (Å²) in [4.78, 5) is 0. The number of nitrogens with one attached hydrogen (secondary N) is 1. The second kappa shape index (κ2) is 6.62. The summed E-state index contributed by atoms with van der Waals surface area (Å²) in [5.74, 6) is -0.406. The maximum absolute atomic E-state index is 13.1. The largest absolute Gasteiger partial charge is 0.312 e. The van der Waals surface area contributed by atoms with E-state index in [0.717, 1.165) is 35.2 Å². The van der Waals surface area contributed by atoms with E-state index in [2.05, 4.69) is 5.32 Å². The molecule has 0 heterocycles. The Balaban J connectivity index is 1.86. The first-order valence-corrected chi connectivity index (χ1v) is 6.77. The molecular weight excluding hydrogens is 256 g/mol. The van der Waals surface area contributed by atoms with Crippen LogP contribution in [0.5, 0.6) is 0 Å². The van der Waals surface area contributed by atoms with Gasteiger partial charge in [0.25, 0.3) is 0 Å². The van der Waals surface area contributed by atoms with Crippen molar-refractivity contribution >= 4 is 0 Å². The molecular formula is C17H19F2N. The third kappa shape index (κ3) is 3.87. The van der Waals surface area contributed by atoms with E-state index in [1.807, 2.05) is 19.9 Å². The molecule has 106 valence electrons. The lowest BCUT2D eigenvalue weighted by molar-refractivity contribution is 0.617. The van der Waals surface area contributed by atoms with Crippen LogP contribution in [0.3, 0.4) is 0 Å². The summed E-state index contributed by atoms with van der Waals surface area (Å²) in [7, 11) is 0. The molecule has 0 aromatic heterocycles. The normalized spacial score (nSPS) is 10.8. The van der Waals surface area contributed by atoms with Crippen LogP contribution in [0.25, 0.3) is 0 Å². The zero-order valence-corrected chi connectivity index (χ0v) is 11.8. The van der Waals surface area contributed by atoms with Gasteiger partial charge in [-0.1, -0.05) is 12.1 Å². The molecule has 0 saturated carbocycles. The van der Waals surface area contributed by atoms with E-state index >= 15 is 0 Å². The Bertz CT molecular complexity index is 594. The monoisotopic (exact) mass is 275 g/mol. The van der Waals surface area contributed by atoms with E-state index in [-0.39, 0.29) is 11.6 Å². The molecule has 0 aliphatic heterocycles. The highest BCUT2D eigenvalue weighted by Crippen LogP contribution is 2.11. The standard InChI is InChI=1S/C17H19F2N/c1-12-3-5-17(19)10-15(12)11-20-8-7-14-4-6-16(18)9-13(14)2/h3-6,9-10,20H,7-8,11H2,1-2H3. The predicted molar refractivity (Wildman–Crippen MR) is 77.7 cm³/mol.